The van der Waals surface area contributed by atoms with Gasteiger partial charge in [0, 0.05) is 21.7 Å². The molecule has 0 aliphatic rings. The van der Waals surface area contributed by atoms with Crippen LogP contribution in [0.1, 0.15) is 44.2 Å². The zero-order chi connectivity index (χ0) is 27.3. The Bertz CT molecular complexity index is 1360. The molecular formula is C28H32N6O3S. The van der Waals surface area contributed by atoms with Crippen molar-refractivity contribution in [2.24, 2.45) is 0 Å². The Balaban J connectivity index is 1.70. The molecule has 1 atom stereocenters. The molecule has 38 heavy (non-hydrogen) atoms. The van der Waals surface area contributed by atoms with Crippen LogP contribution in [0, 0.1) is 6.92 Å². The molecule has 10 heteroatoms. The summed E-state index contributed by atoms with van der Waals surface area (Å²) in [5.74, 6) is 0.459. The summed E-state index contributed by atoms with van der Waals surface area (Å²) in [6.07, 6.45) is 0. The lowest BCUT2D eigenvalue weighted by Gasteiger charge is -2.33. The molecule has 0 radical (unpaired) electrons. The van der Waals surface area contributed by atoms with Gasteiger partial charge in [0.05, 0.1) is 6.61 Å². The van der Waals surface area contributed by atoms with Gasteiger partial charge in [0.2, 0.25) is 11.7 Å². The number of hydrogen-bond donors (Lipinski definition) is 1. The van der Waals surface area contributed by atoms with Gasteiger partial charge in [0.25, 0.3) is 5.91 Å². The minimum atomic E-state index is -0.889. The predicted octanol–water partition coefficient (Wildman–Crippen LogP) is 4.80. The number of amides is 2. The van der Waals surface area contributed by atoms with Gasteiger partial charge in [-0.25, -0.2) is 0 Å². The number of nitrogens with zero attached hydrogens (tertiary/aromatic N) is 5. The van der Waals surface area contributed by atoms with E-state index < -0.39 is 11.6 Å². The van der Waals surface area contributed by atoms with Crippen molar-refractivity contribution in [2.45, 2.75) is 52.7 Å². The summed E-state index contributed by atoms with van der Waals surface area (Å²) in [6.45, 7) is 9.96. The van der Waals surface area contributed by atoms with E-state index in [2.05, 4.69) is 20.7 Å². The molecule has 0 bridgehead atoms. The number of nitrogens with one attached hydrogen (secondary N) is 1. The van der Waals surface area contributed by atoms with Gasteiger partial charge in [0.1, 0.15) is 18.3 Å². The van der Waals surface area contributed by atoms with Gasteiger partial charge < -0.3 is 10.1 Å². The molecule has 0 aliphatic carbocycles. The highest BCUT2D eigenvalue weighted by Crippen LogP contribution is 2.32. The highest BCUT2D eigenvalue weighted by Gasteiger charge is 2.35. The molecule has 1 N–H and O–H groups in total. The number of aromatic nitrogens is 4. The van der Waals surface area contributed by atoms with Crippen LogP contribution in [-0.4, -0.2) is 44.2 Å². The molecule has 0 saturated heterocycles. The Morgan fingerprint density at radius 1 is 1.08 bits per heavy atom. The van der Waals surface area contributed by atoms with Crippen LogP contribution in [0.25, 0.3) is 11.4 Å². The van der Waals surface area contributed by atoms with Gasteiger partial charge in [0.15, 0.2) is 0 Å². The first-order chi connectivity index (χ1) is 18.1. The van der Waals surface area contributed by atoms with Crippen LogP contribution >= 0.6 is 11.3 Å². The second kappa shape index (κ2) is 11.6. The number of rotatable bonds is 9. The zero-order valence-corrected chi connectivity index (χ0v) is 23.0. The zero-order valence-electron chi connectivity index (χ0n) is 22.2. The molecule has 2 aromatic heterocycles. The molecule has 4 rings (SSSR count). The number of carbonyl (C=O) groups is 2. The maximum atomic E-state index is 13.9. The van der Waals surface area contributed by atoms with Crippen LogP contribution in [0.4, 0.5) is 5.69 Å². The second-order valence-corrected chi connectivity index (χ2v) is 10.8. The van der Waals surface area contributed by atoms with E-state index in [0.717, 1.165) is 16.0 Å². The maximum absolute atomic E-state index is 13.9. The maximum Gasteiger partial charge on any atom is 0.251 e. The number of ether oxygens (including phenoxy) is 1. The summed E-state index contributed by atoms with van der Waals surface area (Å²) in [6, 6.07) is 17.7. The Kier molecular flexibility index (Phi) is 8.21. The van der Waals surface area contributed by atoms with E-state index in [9.17, 15) is 9.59 Å². The normalized spacial score (nSPS) is 12.1. The summed E-state index contributed by atoms with van der Waals surface area (Å²) in [5, 5.41) is 17.6. The Labute approximate surface area is 226 Å². The first-order valence-electron chi connectivity index (χ1n) is 12.4. The fourth-order valence-electron chi connectivity index (χ4n) is 3.89. The van der Waals surface area contributed by atoms with Crippen molar-refractivity contribution in [3.8, 4) is 17.1 Å². The molecule has 0 saturated carbocycles. The molecule has 4 aromatic rings. The Morgan fingerprint density at radius 2 is 1.79 bits per heavy atom. The van der Waals surface area contributed by atoms with Crippen LogP contribution in [-0.2, 0) is 16.1 Å². The number of aryl methyl sites for hydroxylation is 1. The average Bonchev–Trinajstić information content (AvgIpc) is 3.55. The third-order valence-electron chi connectivity index (χ3n) is 5.55. The fourth-order valence-corrected chi connectivity index (χ4v) is 4.70. The van der Waals surface area contributed by atoms with Gasteiger partial charge in [-0.15, -0.1) is 21.5 Å². The molecule has 0 unspecified atom stereocenters. The van der Waals surface area contributed by atoms with Gasteiger partial charge in [-0.3, -0.25) is 14.5 Å². The number of carbonyl (C=O) groups excluding carboxylic acids is 2. The molecule has 2 aromatic carbocycles. The van der Waals surface area contributed by atoms with Crippen LogP contribution in [0.3, 0.4) is 0 Å². The number of hydrogen-bond acceptors (Lipinski definition) is 7. The molecule has 0 aliphatic heterocycles. The molecule has 2 heterocycles. The van der Waals surface area contributed by atoms with Crippen molar-refractivity contribution in [2.75, 3.05) is 11.5 Å². The third kappa shape index (κ3) is 6.63. The standard InChI is InChI=1S/C28H32N6O3S/c1-6-37-22-15-13-21(14-16-22)34(25(23-8-7-17-38-23)27(36)29-28(3,4)5)24(35)18-33-31-26(30-32-33)20-11-9-19(2)10-12-20/h7-17,25H,6,18H2,1-5H3,(H,29,36)/t25-/m1/s1. The summed E-state index contributed by atoms with van der Waals surface area (Å²) < 4.78 is 5.58. The largest absolute Gasteiger partial charge is 0.494 e. The van der Waals surface area contributed by atoms with Crippen molar-refractivity contribution >= 4 is 28.8 Å². The first kappa shape index (κ1) is 27.0. The van der Waals surface area contributed by atoms with Gasteiger partial charge in [-0.2, -0.15) is 4.80 Å². The smallest absolute Gasteiger partial charge is 0.251 e. The van der Waals surface area contributed by atoms with E-state index in [1.807, 2.05) is 76.4 Å². The number of tetrazole rings is 1. The second-order valence-electron chi connectivity index (χ2n) is 9.86. The van der Waals surface area contributed by atoms with E-state index in [0.29, 0.717) is 23.9 Å². The van der Waals surface area contributed by atoms with Gasteiger partial charge in [-0.1, -0.05) is 35.9 Å². The van der Waals surface area contributed by atoms with Crippen LogP contribution in [0.5, 0.6) is 5.75 Å². The SMILES string of the molecule is CCOc1ccc(N(C(=O)Cn2nnc(-c3ccc(C)cc3)n2)[C@@H](C(=O)NC(C)(C)C)c2cccs2)cc1. The minimum Gasteiger partial charge on any atom is -0.494 e. The van der Waals surface area contributed by atoms with E-state index in [1.165, 1.54) is 21.0 Å². The molecular weight excluding hydrogens is 500 g/mol. The molecule has 9 nitrogen and oxygen atoms in total. The first-order valence-corrected chi connectivity index (χ1v) is 13.3. The van der Waals surface area contributed by atoms with Crippen LogP contribution in [0.15, 0.2) is 66.0 Å². The van der Waals surface area contributed by atoms with Gasteiger partial charge >= 0.3 is 0 Å². The summed E-state index contributed by atoms with van der Waals surface area (Å²) in [5.41, 5.74) is 1.99. The van der Waals surface area contributed by atoms with E-state index >= 15 is 0 Å². The van der Waals surface area contributed by atoms with Gasteiger partial charge in [-0.05, 0) is 75.5 Å². The lowest BCUT2D eigenvalue weighted by molar-refractivity contribution is -0.128. The molecule has 2 amide bonds. The van der Waals surface area contributed by atoms with Crippen LogP contribution in [0.2, 0.25) is 0 Å². The number of anilines is 1. The lowest BCUT2D eigenvalue weighted by Crippen LogP contribution is -2.50. The molecule has 0 spiro atoms. The number of benzene rings is 2. The minimum absolute atomic E-state index is 0.198. The fraction of sp³-hybridized carbons (Fsp3) is 0.321. The van der Waals surface area contributed by atoms with Crippen molar-refractivity contribution in [3.63, 3.8) is 0 Å². The summed E-state index contributed by atoms with van der Waals surface area (Å²) >= 11 is 1.42. The van der Waals surface area contributed by atoms with Crippen molar-refractivity contribution in [1.82, 2.24) is 25.5 Å². The highest BCUT2D eigenvalue weighted by molar-refractivity contribution is 7.10. The highest BCUT2D eigenvalue weighted by atomic mass is 32.1. The van der Waals surface area contributed by atoms with E-state index in [1.54, 1.807) is 24.3 Å². The average molecular weight is 533 g/mol. The van der Waals surface area contributed by atoms with Crippen LogP contribution < -0.4 is 15.0 Å². The van der Waals surface area contributed by atoms with Crippen molar-refractivity contribution < 1.29 is 14.3 Å². The van der Waals surface area contributed by atoms with E-state index in [4.69, 9.17) is 4.74 Å². The lowest BCUT2D eigenvalue weighted by atomic mass is 10.1. The summed E-state index contributed by atoms with van der Waals surface area (Å²) in [4.78, 5) is 31.0. The third-order valence-corrected chi connectivity index (χ3v) is 6.48. The Morgan fingerprint density at radius 3 is 2.39 bits per heavy atom. The quantitative estimate of drug-likeness (QED) is 0.332. The van der Waals surface area contributed by atoms with E-state index in [-0.39, 0.29) is 18.4 Å². The van der Waals surface area contributed by atoms with Crippen molar-refractivity contribution in [1.29, 1.82) is 0 Å². The van der Waals surface area contributed by atoms with Crippen molar-refractivity contribution in [3.05, 3.63) is 76.5 Å². The molecule has 0 fully saturated rings. The Hall–Kier alpha value is -4.05. The summed E-state index contributed by atoms with van der Waals surface area (Å²) in [7, 11) is 0. The number of thiophene rings is 1. The topological polar surface area (TPSA) is 102 Å². The predicted molar refractivity (Wildman–Crippen MR) is 148 cm³/mol. The monoisotopic (exact) mass is 532 g/mol. The molecule has 198 valence electrons.